The lowest BCUT2D eigenvalue weighted by Gasteiger charge is -2.41. The molecular formula is C18H21N3O5. The van der Waals surface area contributed by atoms with E-state index in [1.54, 1.807) is 35.7 Å². The van der Waals surface area contributed by atoms with Crippen LogP contribution < -0.4 is 9.64 Å². The molecule has 1 fully saturated rings. The van der Waals surface area contributed by atoms with Crippen molar-refractivity contribution in [1.82, 2.24) is 9.88 Å². The third kappa shape index (κ3) is 3.85. The summed E-state index contributed by atoms with van der Waals surface area (Å²) < 4.78 is 16.6. The van der Waals surface area contributed by atoms with Crippen LogP contribution in [0.1, 0.15) is 13.3 Å². The van der Waals surface area contributed by atoms with Crippen LogP contribution in [0.2, 0.25) is 0 Å². The zero-order chi connectivity index (χ0) is 18.6. The highest BCUT2D eigenvalue weighted by molar-refractivity contribution is 5.93. The van der Waals surface area contributed by atoms with Crippen molar-refractivity contribution in [3.63, 3.8) is 0 Å². The fraction of sp³-hybridized carbons (Fsp3) is 0.389. The Kier molecular flexibility index (Phi) is 5.22. The zero-order valence-corrected chi connectivity index (χ0v) is 14.8. The Morgan fingerprint density at radius 2 is 1.92 bits per heavy atom. The third-order valence-electron chi connectivity index (χ3n) is 4.03. The van der Waals surface area contributed by atoms with Gasteiger partial charge in [0.05, 0.1) is 30.9 Å². The summed E-state index contributed by atoms with van der Waals surface area (Å²) >= 11 is 0. The van der Waals surface area contributed by atoms with E-state index in [-0.39, 0.29) is 6.54 Å². The predicted molar refractivity (Wildman–Crippen MR) is 93.2 cm³/mol. The maximum absolute atomic E-state index is 12.1. The molecule has 138 valence electrons. The topological polar surface area (TPSA) is 81.2 Å². The van der Waals surface area contributed by atoms with E-state index in [0.717, 1.165) is 25.1 Å². The summed E-state index contributed by atoms with van der Waals surface area (Å²) in [6.45, 7) is 3.34. The smallest absolute Gasteiger partial charge is 0.356 e. The Bertz CT molecular complexity index is 726. The quantitative estimate of drug-likeness (QED) is 0.592. The van der Waals surface area contributed by atoms with E-state index >= 15 is 0 Å². The summed E-state index contributed by atoms with van der Waals surface area (Å²) in [4.78, 5) is 32.0. The number of likely N-dealkylation sites (N-methyl/N-ethyl adjacent to an activating group) is 1. The Balaban J connectivity index is 2.01. The van der Waals surface area contributed by atoms with Crippen LogP contribution in [-0.4, -0.2) is 54.4 Å². The van der Waals surface area contributed by atoms with Crippen molar-refractivity contribution in [3.05, 3.63) is 43.0 Å². The first kappa shape index (κ1) is 17.9. The third-order valence-corrected chi connectivity index (χ3v) is 4.03. The van der Waals surface area contributed by atoms with Gasteiger partial charge in [0.25, 0.3) is 0 Å². The standard InChI is InChI=1S/C18H21N3O5/c1-3-9-24-15-10-14(11-19-12-15)21-8-4-7-20(2)13-18(21)25-16(22)5-6-17(23)26-18/h3,5-6,9-12H,4,7-8,13H2,1-2H3/b9-3+. The Hall–Kier alpha value is -2.87. The van der Waals surface area contributed by atoms with Gasteiger partial charge in [0, 0.05) is 24.8 Å². The van der Waals surface area contributed by atoms with Crippen LogP contribution in [0.5, 0.6) is 5.75 Å². The van der Waals surface area contributed by atoms with Crippen molar-refractivity contribution in [2.75, 3.05) is 31.6 Å². The monoisotopic (exact) mass is 359 g/mol. The highest BCUT2D eigenvalue weighted by Gasteiger charge is 2.48. The molecule has 8 heteroatoms. The van der Waals surface area contributed by atoms with Crippen molar-refractivity contribution < 1.29 is 23.8 Å². The van der Waals surface area contributed by atoms with Crippen LogP contribution >= 0.6 is 0 Å². The number of rotatable bonds is 3. The number of nitrogens with zero attached hydrogens (tertiary/aromatic N) is 3. The van der Waals surface area contributed by atoms with Crippen molar-refractivity contribution >= 4 is 17.6 Å². The molecule has 3 heterocycles. The van der Waals surface area contributed by atoms with Crippen LogP contribution in [0.3, 0.4) is 0 Å². The highest BCUT2D eigenvalue weighted by Crippen LogP contribution is 2.33. The van der Waals surface area contributed by atoms with E-state index in [0.29, 0.717) is 18.0 Å². The number of pyridine rings is 1. The van der Waals surface area contributed by atoms with Crippen molar-refractivity contribution in [3.8, 4) is 5.75 Å². The first-order valence-electron chi connectivity index (χ1n) is 8.35. The van der Waals surface area contributed by atoms with Gasteiger partial charge in [-0.1, -0.05) is 6.08 Å². The highest BCUT2D eigenvalue weighted by atomic mass is 16.8. The van der Waals surface area contributed by atoms with Gasteiger partial charge in [-0.05, 0) is 26.9 Å². The van der Waals surface area contributed by atoms with Crippen LogP contribution in [0, 0.1) is 0 Å². The average molecular weight is 359 g/mol. The zero-order valence-electron chi connectivity index (χ0n) is 14.8. The van der Waals surface area contributed by atoms with E-state index in [1.807, 2.05) is 18.9 Å². The molecule has 2 aliphatic rings. The van der Waals surface area contributed by atoms with Gasteiger partial charge in [-0.2, -0.15) is 0 Å². The molecule has 8 nitrogen and oxygen atoms in total. The van der Waals surface area contributed by atoms with Crippen LogP contribution in [0.25, 0.3) is 0 Å². The number of carbonyl (C=O) groups excluding carboxylic acids is 2. The molecule has 26 heavy (non-hydrogen) atoms. The van der Waals surface area contributed by atoms with Crippen molar-refractivity contribution in [2.24, 2.45) is 0 Å². The lowest BCUT2D eigenvalue weighted by atomic mass is 10.2. The van der Waals surface area contributed by atoms with Gasteiger partial charge in [-0.25, -0.2) is 9.59 Å². The van der Waals surface area contributed by atoms with Crippen molar-refractivity contribution in [2.45, 2.75) is 19.3 Å². The number of hydrogen-bond donors (Lipinski definition) is 0. The molecule has 0 radical (unpaired) electrons. The van der Waals surface area contributed by atoms with Gasteiger partial charge in [-0.3, -0.25) is 14.8 Å². The minimum atomic E-state index is -1.57. The van der Waals surface area contributed by atoms with E-state index < -0.39 is 17.8 Å². The molecule has 0 unspecified atom stereocenters. The number of ether oxygens (including phenoxy) is 3. The molecule has 0 saturated carbocycles. The van der Waals surface area contributed by atoms with E-state index in [2.05, 4.69) is 4.98 Å². The van der Waals surface area contributed by atoms with Crippen LogP contribution in [-0.2, 0) is 19.1 Å². The number of aromatic nitrogens is 1. The summed E-state index contributed by atoms with van der Waals surface area (Å²) in [6, 6.07) is 1.76. The molecule has 1 saturated heterocycles. The maximum atomic E-state index is 12.1. The normalized spacial score (nSPS) is 20.6. The molecule has 1 spiro atoms. The van der Waals surface area contributed by atoms with E-state index in [4.69, 9.17) is 14.2 Å². The van der Waals surface area contributed by atoms with Gasteiger partial charge >= 0.3 is 17.8 Å². The molecule has 1 aromatic rings. The lowest BCUT2D eigenvalue weighted by molar-refractivity contribution is -0.223. The summed E-state index contributed by atoms with van der Waals surface area (Å²) in [5.74, 6) is -2.31. The fourth-order valence-electron chi connectivity index (χ4n) is 2.98. The van der Waals surface area contributed by atoms with Gasteiger partial charge in [0.2, 0.25) is 0 Å². The minimum Gasteiger partial charge on any atom is -0.464 e. The molecule has 0 aromatic carbocycles. The number of carbonyl (C=O) groups is 2. The van der Waals surface area contributed by atoms with E-state index in [1.165, 1.54) is 0 Å². The summed E-state index contributed by atoms with van der Waals surface area (Å²) in [5, 5.41) is 0. The summed E-state index contributed by atoms with van der Waals surface area (Å²) in [7, 11) is 1.88. The number of esters is 2. The van der Waals surface area contributed by atoms with Crippen LogP contribution in [0.4, 0.5) is 5.69 Å². The van der Waals surface area contributed by atoms with Gasteiger partial charge in [0.1, 0.15) is 5.75 Å². The molecule has 0 atom stereocenters. The molecule has 0 N–H and O–H groups in total. The number of allylic oxidation sites excluding steroid dienone is 1. The molecule has 1 aromatic heterocycles. The first-order chi connectivity index (χ1) is 12.5. The average Bonchev–Trinajstić information content (AvgIpc) is 2.85. The summed E-state index contributed by atoms with van der Waals surface area (Å²) in [6.07, 6.45) is 9.44. The number of hydrogen-bond acceptors (Lipinski definition) is 8. The maximum Gasteiger partial charge on any atom is 0.356 e. The first-order valence-corrected chi connectivity index (χ1v) is 8.35. The van der Waals surface area contributed by atoms with Crippen molar-refractivity contribution in [1.29, 1.82) is 0 Å². The van der Waals surface area contributed by atoms with Crippen LogP contribution in [0.15, 0.2) is 43.0 Å². The second-order valence-electron chi connectivity index (χ2n) is 6.10. The molecule has 0 bridgehead atoms. The molecule has 0 amide bonds. The number of anilines is 1. The van der Waals surface area contributed by atoms with Gasteiger partial charge < -0.3 is 14.2 Å². The summed E-state index contributed by atoms with van der Waals surface area (Å²) in [5.41, 5.74) is 0.629. The second-order valence-corrected chi connectivity index (χ2v) is 6.10. The SMILES string of the molecule is C/C=C/Oc1cncc(N2CCCN(C)CC23OC(=O)C=CC(=O)O3)c1. The van der Waals surface area contributed by atoms with Gasteiger partial charge in [-0.15, -0.1) is 0 Å². The molecule has 2 aliphatic heterocycles. The largest absolute Gasteiger partial charge is 0.464 e. The fourth-order valence-corrected chi connectivity index (χ4v) is 2.98. The lowest BCUT2D eigenvalue weighted by Crippen LogP contribution is -2.59. The predicted octanol–water partition coefficient (Wildman–Crippen LogP) is 1.45. The Labute approximate surface area is 151 Å². The molecular weight excluding hydrogens is 338 g/mol. The van der Waals surface area contributed by atoms with Gasteiger partial charge in [0.15, 0.2) is 0 Å². The Morgan fingerprint density at radius 1 is 1.19 bits per heavy atom. The van der Waals surface area contributed by atoms with E-state index in [9.17, 15) is 9.59 Å². The minimum absolute atomic E-state index is 0.214. The molecule has 0 aliphatic carbocycles. The molecule has 3 rings (SSSR count). The second kappa shape index (κ2) is 7.57. The Morgan fingerprint density at radius 3 is 2.62 bits per heavy atom.